The maximum Gasteiger partial charge on any atom is 0.262 e. The predicted molar refractivity (Wildman–Crippen MR) is 108 cm³/mol. The van der Waals surface area contributed by atoms with Crippen LogP contribution in [0.3, 0.4) is 0 Å². The van der Waals surface area contributed by atoms with Gasteiger partial charge in [-0.3, -0.25) is 4.79 Å². The first-order valence-corrected chi connectivity index (χ1v) is 9.31. The summed E-state index contributed by atoms with van der Waals surface area (Å²) in [6.45, 7) is 7.86. The molecule has 1 atom stereocenters. The average molecular weight is 370 g/mol. The third-order valence-corrected chi connectivity index (χ3v) is 4.31. The van der Waals surface area contributed by atoms with Crippen LogP contribution in [0.2, 0.25) is 0 Å². The first-order chi connectivity index (χ1) is 12.9. The van der Waals surface area contributed by atoms with Crippen molar-refractivity contribution in [3.05, 3.63) is 59.2 Å². The molecule has 0 fully saturated rings. The summed E-state index contributed by atoms with van der Waals surface area (Å²) < 4.78 is 11.6. The van der Waals surface area contributed by atoms with Gasteiger partial charge in [0.1, 0.15) is 0 Å². The van der Waals surface area contributed by atoms with Gasteiger partial charge in [0, 0.05) is 27.2 Å². The van der Waals surface area contributed by atoms with E-state index in [1.165, 1.54) is 16.0 Å². The van der Waals surface area contributed by atoms with E-state index in [9.17, 15) is 4.79 Å². The van der Waals surface area contributed by atoms with Gasteiger partial charge in [0.15, 0.2) is 17.6 Å². The second-order valence-corrected chi connectivity index (χ2v) is 6.74. The molecule has 0 unspecified atom stereocenters. The molecule has 1 amide bonds. The van der Waals surface area contributed by atoms with Gasteiger partial charge >= 0.3 is 0 Å². The minimum Gasteiger partial charge on any atom is -0.490 e. The van der Waals surface area contributed by atoms with E-state index in [1.807, 2.05) is 31.2 Å². The topological polar surface area (TPSA) is 50.8 Å². The Morgan fingerprint density at radius 3 is 2.52 bits per heavy atom. The molecule has 0 aliphatic heterocycles. The third kappa shape index (κ3) is 6.00. The molecule has 0 saturated heterocycles. The van der Waals surface area contributed by atoms with E-state index in [2.05, 4.69) is 30.4 Å². The molecule has 5 nitrogen and oxygen atoms in total. The van der Waals surface area contributed by atoms with E-state index in [4.69, 9.17) is 9.47 Å². The third-order valence-electron chi connectivity index (χ3n) is 4.31. The highest BCUT2D eigenvalue weighted by atomic mass is 16.5. The molecule has 1 N–H and O–H groups in total. The number of amides is 1. The molecule has 0 radical (unpaired) electrons. The van der Waals surface area contributed by atoms with Crippen LogP contribution in [0.5, 0.6) is 11.5 Å². The molecule has 0 aromatic heterocycles. The molecule has 0 heterocycles. The summed E-state index contributed by atoms with van der Waals surface area (Å²) in [5.74, 6) is 1.16. The number of hydrogen-bond donors (Lipinski definition) is 1. The summed E-state index contributed by atoms with van der Waals surface area (Å²) in [4.78, 5) is 13.6. The predicted octanol–water partition coefficient (Wildman–Crippen LogP) is 3.54. The molecule has 146 valence electrons. The summed E-state index contributed by atoms with van der Waals surface area (Å²) in [5, 5.41) is 3.46. The Kier molecular flexibility index (Phi) is 7.67. The summed E-state index contributed by atoms with van der Waals surface area (Å²) in [6, 6.07) is 14.2. The average Bonchev–Trinajstić information content (AvgIpc) is 2.64. The number of carbonyl (C=O) groups is 1. The lowest BCUT2D eigenvalue weighted by Gasteiger charge is -2.20. The van der Waals surface area contributed by atoms with Crippen LogP contribution in [-0.2, 0) is 17.9 Å². The van der Waals surface area contributed by atoms with Crippen LogP contribution in [0, 0.1) is 6.92 Å². The molecule has 2 rings (SSSR count). The van der Waals surface area contributed by atoms with Crippen LogP contribution in [-0.4, -0.2) is 37.6 Å². The zero-order valence-electron chi connectivity index (χ0n) is 16.9. The van der Waals surface area contributed by atoms with Gasteiger partial charge in [-0.1, -0.05) is 30.3 Å². The van der Waals surface area contributed by atoms with Crippen molar-refractivity contribution in [2.75, 3.05) is 20.7 Å². The first kappa shape index (κ1) is 20.8. The van der Waals surface area contributed by atoms with Gasteiger partial charge in [0.2, 0.25) is 0 Å². The number of rotatable bonds is 9. The Labute approximate surface area is 162 Å². The highest BCUT2D eigenvalue weighted by Gasteiger charge is 2.18. The Hall–Kier alpha value is -2.53. The number of aryl methyl sites for hydroxylation is 1. The van der Waals surface area contributed by atoms with E-state index in [1.54, 1.807) is 21.0 Å². The van der Waals surface area contributed by atoms with E-state index < -0.39 is 6.10 Å². The zero-order chi connectivity index (χ0) is 19.8. The minimum atomic E-state index is -0.566. The largest absolute Gasteiger partial charge is 0.490 e. The molecular formula is C22H30N2O3. The van der Waals surface area contributed by atoms with Crippen molar-refractivity contribution in [3.63, 3.8) is 0 Å². The highest BCUT2D eigenvalue weighted by Crippen LogP contribution is 2.29. The van der Waals surface area contributed by atoms with Gasteiger partial charge in [-0.05, 0) is 49.6 Å². The van der Waals surface area contributed by atoms with Crippen LogP contribution in [0.4, 0.5) is 0 Å². The van der Waals surface area contributed by atoms with E-state index in [0.29, 0.717) is 18.1 Å². The molecule has 0 saturated carbocycles. The van der Waals surface area contributed by atoms with Crippen molar-refractivity contribution in [1.29, 1.82) is 0 Å². The van der Waals surface area contributed by atoms with Crippen molar-refractivity contribution in [2.45, 2.75) is 40.0 Å². The van der Waals surface area contributed by atoms with Gasteiger partial charge < -0.3 is 19.7 Å². The van der Waals surface area contributed by atoms with Crippen molar-refractivity contribution in [3.8, 4) is 11.5 Å². The molecular weight excluding hydrogens is 340 g/mol. The molecule has 0 aliphatic rings. The van der Waals surface area contributed by atoms with Gasteiger partial charge in [0.05, 0.1) is 6.61 Å². The van der Waals surface area contributed by atoms with Gasteiger partial charge in [-0.2, -0.15) is 0 Å². The Morgan fingerprint density at radius 2 is 1.85 bits per heavy atom. The fraction of sp³-hybridized carbons (Fsp3) is 0.409. The van der Waals surface area contributed by atoms with Crippen molar-refractivity contribution in [2.24, 2.45) is 0 Å². The number of nitrogens with one attached hydrogen (secondary N) is 1. The number of ether oxygens (including phenoxy) is 2. The SMILES string of the molecule is CCOc1cc(CNCc2ccccc2C)ccc1O[C@H](C)C(=O)N(C)C. The lowest BCUT2D eigenvalue weighted by Crippen LogP contribution is -2.35. The van der Waals surface area contributed by atoms with Crippen LogP contribution >= 0.6 is 0 Å². The normalized spacial score (nSPS) is 11.7. The van der Waals surface area contributed by atoms with Gasteiger partial charge in [-0.25, -0.2) is 0 Å². The number of benzene rings is 2. The smallest absolute Gasteiger partial charge is 0.262 e. The van der Waals surface area contributed by atoms with Gasteiger partial charge in [-0.15, -0.1) is 0 Å². The van der Waals surface area contributed by atoms with E-state index in [0.717, 1.165) is 18.7 Å². The quantitative estimate of drug-likeness (QED) is 0.734. The maximum absolute atomic E-state index is 12.0. The molecule has 0 aliphatic carbocycles. The lowest BCUT2D eigenvalue weighted by molar-refractivity contribution is -0.135. The first-order valence-electron chi connectivity index (χ1n) is 9.31. The van der Waals surface area contributed by atoms with Gasteiger partial charge in [0.25, 0.3) is 5.91 Å². The molecule has 0 spiro atoms. The van der Waals surface area contributed by atoms with Crippen molar-refractivity contribution < 1.29 is 14.3 Å². The second kappa shape index (κ2) is 9.97. The zero-order valence-corrected chi connectivity index (χ0v) is 16.9. The van der Waals surface area contributed by atoms with Crippen LogP contribution in [0.15, 0.2) is 42.5 Å². The monoisotopic (exact) mass is 370 g/mol. The highest BCUT2D eigenvalue weighted by molar-refractivity contribution is 5.80. The number of carbonyl (C=O) groups excluding carboxylic acids is 1. The van der Waals surface area contributed by atoms with Crippen molar-refractivity contribution >= 4 is 5.91 Å². The molecule has 0 bridgehead atoms. The summed E-state index contributed by atoms with van der Waals surface area (Å²) in [7, 11) is 3.43. The molecule has 2 aromatic carbocycles. The van der Waals surface area contributed by atoms with Crippen LogP contribution in [0.1, 0.15) is 30.5 Å². The summed E-state index contributed by atoms with van der Waals surface area (Å²) >= 11 is 0. The Bertz CT molecular complexity index is 759. The van der Waals surface area contributed by atoms with E-state index in [-0.39, 0.29) is 5.91 Å². The second-order valence-electron chi connectivity index (χ2n) is 6.74. The van der Waals surface area contributed by atoms with Crippen LogP contribution < -0.4 is 14.8 Å². The Balaban J connectivity index is 2.03. The van der Waals surface area contributed by atoms with E-state index >= 15 is 0 Å². The fourth-order valence-corrected chi connectivity index (χ4v) is 2.78. The maximum atomic E-state index is 12.0. The van der Waals surface area contributed by atoms with Crippen molar-refractivity contribution in [1.82, 2.24) is 10.2 Å². The van der Waals surface area contributed by atoms with Crippen LogP contribution in [0.25, 0.3) is 0 Å². The molecule has 5 heteroatoms. The number of hydrogen-bond acceptors (Lipinski definition) is 4. The minimum absolute atomic E-state index is 0.0820. The number of likely N-dealkylation sites (N-methyl/N-ethyl adjacent to an activating group) is 1. The summed E-state index contributed by atoms with van der Waals surface area (Å²) in [6.07, 6.45) is -0.566. The number of nitrogens with zero attached hydrogens (tertiary/aromatic N) is 1. The Morgan fingerprint density at radius 1 is 1.11 bits per heavy atom. The standard InChI is InChI=1S/C22H30N2O3/c1-6-26-21-13-18(14-23-15-19-10-8-7-9-16(19)2)11-12-20(21)27-17(3)22(25)24(4)5/h7-13,17,23H,6,14-15H2,1-5H3/t17-/m1/s1. The summed E-state index contributed by atoms with van der Waals surface area (Å²) in [5.41, 5.74) is 3.67. The molecule has 27 heavy (non-hydrogen) atoms. The fourth-order valence-electron chi connectivity index (χ4n) is 2.78. The lowest BCUT2D eigenvalue weighted by atomic mass is 10.1. The molecule has 2 aromatic rings.